The quantitative estimate of drug-likeness (QED) is 0.899. The number of benzene rings is 1. The van der Waals surface area contributed by atoms with Crippen LogP contribution >= 0.6 is 23.4 Å². The van der Waals surface area contributed by atoms with Crippen LogP contribution in [0.5, 0.6) is 5.75 Å². The third-order valence-corrected chi connectivity index (χ3v) is 5.85. The average Bonchev–Trinajstić information content (AvgIpc) is 2.58. The van der Waals surface area contributed by atoms with Gasteiger partial charge in [-0.15, -0.1) is 0 Å². The number of piperazine rings is 1. The number of carbonyl (C=O) groups excluding carboxylic acids is 1. The summed E-state index contributed by atoms with van der Waals surface area (Å²) in [4.78, 5) is 16.9. The molecule has 2 saturated heterocycles. The molecule has 1 N–H and O–H groups in total. The molecular formula is C16H21ClN2O2S. The highest BCUT2D eigenvalue weighted by Crippen LogP contribution is 2.25. The third-order valence-electron chi connectivity index (χ3n) is 4.50. The van der Waals surface area contributed by atoms with E-state index in [2.05, 4.69) is 4.90 Å². The SMILES string of the molecule is O=C(c1ccc(O)c(Cl)c1)N1CCN(C2CCSCC2)CC1. The molecule has 0 aliphatic carbocycles. The highest BCUT2D eigenvalue weighted by Gasteiger charge is 2.27. The topological polar surface area (TPSA) is 43.8 Å². The molecule has 1 amide bonds. The number of phenolic OH excluding ortho intramolecular Hbond substituents is 1. The van der Waals surface area contributed by atoms with Gasteiger partial charge in [0.05, 0.1) is 5.02 Å². The van der Waals surface area contributed by atoms with Crippen LogP contribution in [-0.4, -0.2) is 64.5 Å². The van der Waals surface area contributed by atoms with Crippen LogP contribution < -0.4 is 0 Å². The van der Waals surface area contributed by atoms with Crippen LogP contribution in [0.15, 0.2) is 18.2 Å². The van der Waals surface area contributed by atoms with Crippen LogP contribution in [0.1, 0.15) is 23.2 Å². The third kappa shape index (κ3) is 3.53. The van der Waals surface area contributed by atoms with E-state index in [-0.39, 0.29) is 16.7 Å². The van der Waals surface area contributed by atoms with E-state index in [1.807, 2.05) is 16.7 Å². The molecule has 0 atom stereocenters. The highest BCUT2D eigenvalue weighted by atomic mass is 35.5. The van der Waals surface area contributed by atoms with E-state index in [0.717, 1.165) is 26.2 Å². The maximum absolute atomic E-state index is 12.5. The van der Waals surface area contributed by atoms with Crippen LogP contribution in [0.2, 0.25) is 5.02 Å². The first-order chi connectivity index (χ1) is 10.6. The number of thioether (sulfide) groups is 1. The predicted molar refractivity (Wildman–Crippen MR) is 90.9 cm³/mol. The van der Waals surface area contributed by atoms with Gasteiger partial charge in [-0.05, 0) is 42.5 Å². The van der Waals surface area contributed by atoms with Crippen molar-refractivity contribution in [2.45, 2.75) is 18.9 Å². The summed E-state index contributed by atoms with van der Waals surface area (Å²) >= 11 is 7.93. The van der Waals surface area contributed by atoms with Gasteiger partial charge in [-0.1, -0.05) is 11.6 Å². The van der Waals surface area contributed by atoms with Gasteiger partial charge in [-0.25, -0.2) is 0 Å². The number of carbonyl (C=O) groups is 1. The molecule has 0 spiro atoms. The number of halogens is 1. The number of phenols is 1. The summed E-state index contributed by atoms with van der Waals surface area (Å²) in [6, 6.07) is 5.35. The van der Waals surface area contributed by atoms with E-state index in [4.69, 9.17) is 11.6 Å². The average molecular weight is 341 g/mol. The highest BCUT2D eigenvalue weighted by molar-refractivity contribution is 7.99. The summed E-state index contributed by atoms with van der Waals surface area (Å²) in [5.74, 6) is 2.53. The van der Waals surface area contributed by atoms with E-state index < -0.39 is 0 Å². The van der Waals surface area contributed by atoms with Gasteiger partial charge < -0.3 is 10.0 Å². The monoisotopic (exact) mass is 340 g/mol. The molecular weight excluding hydrogens is 320 g/mol. The molecule has 2 fully saturated rings. The van der Waals surface area contributed by atoms with Gasteiger partial charge in [-0.3, -0.25) is 9.69 Å². The number of rotatable bonds is 2. The molecule has 0 saturated carbocycles. The van der Waals surface area contributed by atoms with Crippen LogP contribution in [-0.2, 0) is 0 Å². The zero-order chi connectivity index (χ0) is 15.5. The number of aromatic hydroxyl groups is 1. The second kappa shape index (κ2) is 7.11. The minimum absolute atomic E-state index is 0.000694. The van der Waals surface area contributed by atoms with Crippen molar-refractivity contribution in [1.82, 2.24) is 9.80 Å². The van der Waals surface area contributed by atoms with Gasteiger partial charge in [0, 0.05) is 37.8 Å². The van der Waals surface area contributed by atoms with Crippen molar-refractivity contribution >= 4 is 29.3 Å². The second-order valence-corrected chi connectivity index (χ2v) is 7.47. The zero-order valence-electron chi connectivity index (χ0n) is 12.5. The van der Waals surface area contributed by atoms with Gasteiger partial charge in [0.1, 0.15) is 5.75 Å². The molecule has 2 heterocycles. The van der Waals surface area contributed by atoms with Crippen molar-refractivity contribution in [2.24, 2.45) is 0 Å². The van der Waals surface area contributed by atoms with Crippen molar-refractivity contribution in [3.63, 3.8) is 0 Å². The van der Waals surface area contributed by atoms with E-state index >= 15 is 0 Å². The van der Waals surface area contributed by atoms with Gasteiger partial charge in [-0.2, -0.15) is 11.8 Å². The summed E-state index contributed by atoms with van der Waals surface area (Å²) in [6.07, 6.45) is 2.54. The largest absolute Gasteiger partial charge is 0.506 e. The van der Waals surface area contributed by atoms with Crippen molar-refractivity contribution in [2.75, 3.05) is 37.7 Å². The maximum atomic E-state index is 12.5. The Morgan fingerprint density at radius 2 is 1.86 bits per heavy atom. The van der Waals surface area contributed by atoms with E-state index in [1.165, 1.54) is 30.4 Å². The van der Waals surface area contributed by atoms with Crippen LogP contribution in [0.4, 0.5) is 0 Å². The first kappa shape index (κ1) is 16.0. The minimum Gasteiger partial charge on any atom is -0.506 e. The lowest BCUT2D eigenvalue weighted by atomic mass is 10.1. The van der Waals surface area contributed by atoms with Gasteiger partial charge in [0.15, 0.2) is 0 Å². The van der Waals surface area contributed by atoms with Gasteiger partial charge in [0.2, 0.25) is 0 Å². The maximum Gasteiger partial charge on any atom is 0.253 e. The minimum atomic E-state index is 0.000694. The Morgan fingerprint density at radius 1 is 1.18 bits per heavy atom. The Labute approximate surface area is 140 Å². The van der Waals surface area contributed by atoms with Crippen molar-refractivity contribution in [1.29, 1.82) is 0 Å². The van der Waals surface area contributed by atoms with Crippen LogP contribution in [0.3, 0.4) is 0 Å². The lowest BCUT2D eigenvalue weighted by Crippen LogP contribution is -2.52. The molecule has 120 valence electrons. The van der Waals surface area contributed by atoms with E-state index in [1.54, 1.807) is 12.1 Å². The molecule has 2 aliphatic heterocycles. The van der Waals surface area contributed by atoms with Gasteiger partial charge in [0.25, 0.3) is 5.91 Å². The number of hydrogen-bond donors (Lipinski definition) is 1. The lowest BCUT2D eigenvalue weighted by molar-refractivity contribution is 0.0559. The molecule has 0 radical (unpaired) electrons. The molecule has 4 nitrogen and oxygen atoms in total. The van der Waals surface area contributed by atoms with E-state index in [0.29, 0.717) is 11.6 Å². The van der Waals surface area contributed by atoms with Crippen molar-refractivity contribution in [3.05, 3.63) is 28.8 Å². The summed E-state index contributed by atoms with van der Waals surface area (Å²) < 4.78 is 0. The molecule has 1 aromatic carbocycles. The molecule has 1 aromatic rings. The van der Waals surface area contributed by atoms with Crippen LogP contribution in [0, 0.1) is 0 Å². The molecule has 0 aromatic heterocycles. The Kier molecular flexibility index (Phi) is 5.16. The molecule has 6 heteroatoms. The zero-order valence-corrected chi connectivity index (χ0v) is 14.1. The summed E-state index contributed by atoms with van der Waals surface area (Å²) in [5, 5.41) is 9.68. The fourth-order valence-corrected chi connectivity index (χ4v) is 4.43. The Morgan fingerprint density at radius 3 is 2.50 bits per heavy atom. The molecule has 3 rings (SSSR count). The number of nitrogens with zero attached hydrogens (tertiary/aromatic N) is 2. The molecule has 2 aliphatic rings. The predicted octanol–water partition coefficient (Wildman–Crippen LogP) is 2.70. The summed E-state index contributed by atoms with van der Waals surface area (Å²) in [6.45, 7) is 3.43. The number of amides is 1. The van der Waals surface area contributed by atoms with Gasteiger partial charge >= 0.3 is 0 Å². The Balaban J connectivity index is 1.58. The summed E-state index contributed by atoms with van der Waals surface area (Å²) in [5.41, 5.74) is 0.547. The standard InChI is InChI=1S/C16H21ClN2O2S/c17-14-11-12(1-2-15(14)20)16(21)19-7-5-18(6-8-19)13-3-9-22-10-4-13/h1-2,11,13,20H,3-10H2. The first-order valence-electron chi connectivity index (χ1n) is 7.75. The Hall–Kier alpha value is -0.910. The van der Waals surface area contributed by atoms with Crippen molar-refractivity contribution < 1.29 is 9.90 Å². The smallest absolute Gasteiger partial charge is 0.253 e. The fraction of sp³-hybridized carbons (Fsp3) is 0.562. The van der Waals surface area contributed by atoms with E-state index in [9.17, 15) is 9.90 Å². The lowest BCUT2D eigenvalue weighted by Gasteiger charge is -2.40. The van der Waals surface area contributed by atoms with Crippen molar-refractivity contribution in [3.8, 4) is 5.75 Å². The second-order valence-electron chi connectivity index (χ2n) is 5.84. The number of hydrogen-bond acceptors (Lipinski definition) is 4. The summed E-state index contributed by atoms with van der Waals surface area (Å²) in [7, 11) is 0. The molecule has 0 unspecified atom stereocenters. The Bertz CT molecular complexity index is 541. The van der Waals surface area contributed by atoms with Crippen LogP contribution in [0.25, 0.3) is 0 Å². The first-order valence-corrected chi connectivity index (χ1v) is 9.28. The normalized spacial score (nSPS) is 21.0. The molecule has 22 heavy (non-hydrogen) atoms. The molecule has 0 bridgehead atoms. The fourth-order valence-electron chi connectivity index (χ4n) is 3.16.